The smallest absolute Gasteiger partial charge is 0.152 e. The van der Waals surface area contributed by atoms with Crippen LogP contribution in [0.2, 0.25) is 0 Å². The first-order valence-electron chi connectivity index (χ1n) is 5.69. The quantitative estimate of drug-likeness (QED) is 0.761. The van der Waals surface area contributed by atoms with E-state index < -0.39 is 0 Å². The minimum atomic E-state index is 0.346. The van der Waals surface area contributed by atoms with E-state index in [2.05, 4.69) is 18.8 Å². The van der Waals surface area contributed by atoms with Crippen molar-refractivity contribution in [2.75, 3.05) is 0 Å². The van der Waals surface area contributed by atoms with Crippen molar-refractivity contribution < 1.29 is 4.79 Å². The second-order valence-electron chi connectivity index (χ2n) is 5.36. The summed E-state index contributed by atoms with van der Waals surface area (Å²) >= 11 is 0. The molecule has 2 heteroatoms. The fourth-order valence-electron chi connectivity index (χ4n) is 2.55. The first-order valence-corrected chi connectivity index (χ1v) is 5.69. The van der Waals surface area contributed by atoms with Crippen molar-refractivity contribution in [2.45, 2.75) is 26.2 Å². The monoisotopic (exact) mass is 213 g/mol. The van der Waals surface area contributed by atoms with Crippen LogP contribution >= 0.6 is 0 Å². The third-order valence-corrected chi connectivity index (χ3v) is 3.76. The van der Waals surface area contributed by atoms with Crippen LogP contribution in [0.5, 0.6) is 0 Å². The van der Waals surface area contributed by atoms with Crippen LogP contribution in [-0.2, 0) is 0 Å². The van der Waals surface area contributed by atoms with Gasteiger partial charge in [0.2, 0.25) is 0 Å². The van der Waals surface area contributed by atoms with Gasteiger partial charge in [-0.2, -0.15) is 0 Å². The average molecular weight is 213 g/mol. The highest BCUT2D eigenvalue weighted by atomic mass is 16.1. The zero-order valence-electron chi connectivity index (χ0n) is 9.58. The molecule has 82 valence electrons. The number of aromatic amines is 1. The van der Waals surface area contributed by atoms with Crippen molar-refractivity contribution in [1.82, 2.24) is 4.98 Å². The molecule has 1 aliphatic rings. The first kappa shape index (κ1) is 9.64. The van der Waals surface area contributed by atoms with Crippen molar-refractivity contribution in [3.8, 4) is 0 Å². The molecule has 1 aliphatic carbocycles. The molecule has 1 saturated carbocycles. The summed E-state index contributed by atoms with van der Waals surface area (Å²) in [5.74, 6) is 0.514. The predicted molar refractivity (Wildman–Crippen MR) is 64.8 cm³/mol. The molecule has 1 heterocycles. The number of benzene rings is 1. The number of hydrogen-bond acceptors (Lipinski definition) is 1. The van der Waals surface area contributed by atoms with Gasteiger partial charge in [0.25, 0.3) is 0 Å². The standard InChI is InChI=1S/C14H15NO/c1-14(2)7-11(14)13-10(8-16)9-5-3-4-6-12(9)15-13/h3-6,8,11,15H,7H2,1-2H3/t11-/m1/s1. The Morgan fingerprint density at radius 3 is 2.69 bits per heavy atom. The van der Waals surface area contributed by atoms with Gasteiger partial charge in [-0.3, -0.25) is 4.79 Å². The highest BCUT2D eigenvalue weighted by molar-refractivity contribution is 5.99. The molecule has 1 aromatic heterocycles. The third-order valence-electron chi connectivity index (χ3n) is 3.76. The van der Waals surface area contributed by atoms with E-state index in [-0.39, 0.29) is 0 Å². The van der Waals surface area contributed by atoms with E-state index in [0.717, 1.165) is 28.4 Å². The van der Waals surface area contributed by atoms with Gasteiger partial charge in [0.15, 0.2) is 6.29 Å². The third kappa shape index (κ3) is 1.22. The Morgan fingerprint density at radius 2 is 2.06 bits per heavy atom. The van der Waals surface area contributed by atoms with E-state index in [1.807, 2.05) is 24.3 Å². The van der Waals surface area contributed by atoms with Crippen molar-refractivity contribution in [3.63, 3.8) is 0 Å². The molecule has 0 amide bonds. The van der Waals surface area contributed by atoms with E-state index in [4.69, 9.17) is 0 Å². The molecular formula is C14H15NO. The van der Waals surface area contributed by atoms with Crippen LogP contribution in [0.1, 0.15) is 42.2 Å². The Morgan fingerprint density at radius 1 is 1.38 bits per heavy atom. The van der Waals surface area contributed by atoms with Crippen molar-refractivity contribution >= 4 is 17.2 Å². The van der Waals surface area contributed by atoms with Gasteiger partial charge in [-0.05, 0) is 17.9 Å². The molecule has 1 fully saturated rings. The summed E-state index contributed by atoms with van der Waals surface area (Å²) < 4.78 is 0. The second-order valence-corrected chi connectivity index (χ2v) is 5.36. The average Bonchev–Trinajstić information content (AvgIpc) is 2.75. The Labute approximate surface area is 94.7 Å². The van der Waals surface area contributed by atoms with Crippen LogP contribution in [0, 0.1) is 5.41 Å². The molecule has 16 heavy (non-hydrogen) atoms. The molecule has 0 unspecified atom stereocenters. The molecule has 1 atom stereocenters. The molecule has 2 aromatic rings. The summed E-state index contributed by atoms with van der Waals surface area (Å²) in [5, 5.41) is 1.05. The highest BCUT2D eigenvalue weighted by Crippen LogP contribution is 2.59. The summed E-state index contributed by atoms with van der Waals surface area (Å²) in [6, 6.07) is 8.01. The number of nitrogens with one attached hydrogen (secondary N) is 1. The topological polar surface area (TPSA) is 32.9 Å². The van der Waals surface area contributed by atoms with Crippen LogP contribution in [0.15, 0.2) is 24.3 Å². The number of H-pyrrole nitrogens is 1. The number of fused-ring (bicyclic) bond motifs is 1. The van der Waals surface area contributed by atoms with Gasteiger partial charge in [-0.15, -0.1) is 0 Å². The zero-order valence-corrected chi connectivity index (χ0v) is 9.58. The van der Waals surface area contributed by atoms with Gasteiger partial charge in [-0.1, -0.05) is 32.0 Å². The van der Waals surface area contributed by atoms with Gasteiger partial charge < -0.3 is 4.98 Å². The van der Waals surface area contributed by atoms with Gasteiger partial charge in [0, 0.05) is 28.1 Å². The number of aldehydes is 1. The first-order chi connectivity index (χ1) is 7.63. The minimum absolute atomic E-state index is 0.346. The Kier molecular flexibility index (Phi) is 1.79. The molecule has 1 aromatic carbocycles. The molecular weight excluding hydrogens is 198 g/mol. The fourth-order valence-corrected chi connectivity index (χ4v) is 2.55. The summed E-state index contributed by atoms with van der Waals surface area (Å²) in [7, 11) is 0. The molecule has 0 bridgehead atoms. The van der Waals surface area contributed by atoms with E-state index >= 15 is 0 Å². The fraction of sp³-hybridized carbons (Fsp3) is 0.357. The SMILES string of the molecule is CC1(C)C[C@@H]1c1[nH]c2ccccc2c1C=O. The van der Waals surface area contributed by atoms with Gasteiger partial charge in [0.1, 0.15) is 0 Å². The van der Waals surface area contributed by atoms with E-state index in [0.29, 0.717) is 11.3 Å². The molecule has 0 spiro atoms. The van der Waals surface area contributed by atoms with Gasteiger partial charge in [-0.25, -0.2) is 0 Å². The van der Waals surface area contributed by atoms with Crippen molar-refractivity contribution in [1.29, 1.82) is 0 Å². The largest absolute Gasteiger partial charge is 0.358 e. The number of hydrogen-bond donors (Lipinski definition) is 1. The highest BCUT2D eigenvalue weighted by Gasteiger charge is 2.48. The summed E-state index contributed by atoms with van der Waals surface area (Å²) in [5.41, 5.74) is 3.40. The summed E-state index contributed by atoms with van der Waals surface area (Å²) in [6.07, 6.45) is 2.16. The van der Waals surface area contributed by atoms with Crippen LogP contribution in [-0.4, -0.2) is 11.3 Å². The molecule has 3 rings (SSSR count). The van der Waals surface area contributed by atoms with E-state index in [1.165, 1.54) is 6.42 Å². The van der Waals surface area contributed by atoms with Crippen LogP contribution in [0.3, 0.4) is 0 Å². The summed E-state index contributed by atoms with van der Waals surface area (Å²) in [4.78, 5) is 14.6. The van der Waals surface area contributed by atoms with E-state index in [1.54, 1.807) is 0 Å². The lowest BCUT2D eigenvalue weighted by atomic mass is 10.0. The number of carbonyl (C=O) groups excluding carboxylic acids is 1. The summed E-state index contributed by atoms with van der Waals surface area (Å²) in [6.45, 7) is 4.50. The van der Waals surface area contributed by atoms with Crippen LogP contribution in [0.25, 0.3) is 10.9 Å². The second kappa shape index (κ2) is 2.97. The Hall–Kier alpha value is -1.57. The Bertz CT molecular complexity index is 565. The number of para-hydroxylation sites is 1. The zero-order chi connectivity index (χ0) is 11.3. The molecule has 1 N–H and O–H groups in total. The molecule has 0 radical (unpaired) electrons. The Balaban J connectivity index is 2.21. The van der Waals surface area contributed by atoms with Crippen LogP contribution < -0.4 is 0 Å². The number of rotatable bonds is 2. The van der Waals surface area contributed by atoms with Crippen molar-refractivity contribution in [3.05, 3.63) is 35.5 Å². The lowest BCUT2D eigenvalue weighted by Crippen LogP contribution is -1.93. The number of aromatic nitrogens is 1. The normalized spacial score (nSPS) is 22.2. The maximum Gasteiger partial charge on any atom is 0.152 e. The predicted octanol–water partition coefficient (Wildman–Crippen LogP) is 3.49. The maximum absolute atomic E-state index is 11.2. The lowest BCUT2D eigenvalue weighted by molar-refractivity contribution is 0.112. The molecule has 0 aliphatic heterocycles. The van der Waals surface area contributed by atoms with E-state index in [9.17, 15) is 4.79 Å². The van der Waals surface area contributed by atoms with Gasteiger partial charge in [0.05, 0.1) is 0 Å². The lowest BCUT2D eigenvalue weighted by Gasteiger charge is -2.01. The van der Waals surface area contributed by atoms with Crippen LogP contribution in [0.4, 0.5) is 0 Å². The van der Waals surface area contributed by atoms with Gasteiger partial charge >= 0.3 is 0 Å². The molecule has 0 saturated heterocycles. The van der Waals surface area contributed by atoms with Crippen molar-refractivity contribution in [2.24, 2.45) is 5.41 Å². The number of carbonyl (C=O) groups is 1. The maximum atomic E-state index is 11.2. The molecule has 2 nitrogen and oxygen atoms in total. The minimum Gasteiger partial charge on any atom is -0.358 e.